The Bertz CT molecular complexity index is 2770. The molecular formula is C59H57N5. The molecule has 0 bridgehead atoms. The first-order valence-corrected chi connectivity index (χ1v) is 22.8. The van der Waals surface area contributed by atoms with E-state index in [9.17, 15) is 0 Å². The van der Waals surface area contributed by atoms with E-state index in [-0.39, 0.29) is 12.1 Å². The molecule has 318 valence electrons. The average molecular weight is 836 g/mol. The number of allylic oxidation sites excluding steroid dienone is 6. The van der Waals surface area contributed by atoms with Crippen molar-refractivity contribution in [1.82, 2.24) is 20.3 Å². The normalized spacial score (nSPS) is 15.2. The number of unbranched alkanes of at least 4 members (excludes halogenated alkanes) is 3. The van der Waals surface area contributed by atoms with Crippen LogP contribution >= 0.6 is 0 Å². The van der Waals surface area contributed by atoms with Crippen molar-refractivity contribution in [2.24, 2.45) is 4.99 Å². The lowest BCUT2D eigenvalue weighted by atomic mass is 9.86. The highest BCUT2D eigenvalue weighted by atomic mass is 15.1. The van der Waals surface area contributed by atoms with Gasteiger partial charge < -0.3 is 5.32 Å². The number of rotatable bonds is 17. The van der Waals surface area contributed by atoms with Crippen molar-refractivity contribution in [3.63, 3.8) is 0 Å². The van der Waals surface area contributed by atoms with Crippen LogP contribution in [0.25, 0.3) is 56.2 Å². The maximum absolute atomic E-state index is 5.49. The van der Waals surface area contributed by atoms with Gasteiger partial charge in [0.15, 0.2) is 17.5 Å². The molecular weight excluding hydrogens is 779 g/mol. The molecule has 1 aromatic heterocycles. The Morgan fingerprint density at radius 1 is 0.625 bits per heavy atom. The topological polar surface area (TPSA) is 63.1 Å². The third kappa shape index (κ3) is 10.3. The van der Waals surface area contributed by atoms with Crippen LogP contribution in [0, 0.1) is 0 Å². The van der Waals surface area contributed by atoms with Crippen LogP contribution < -0.4 is 5.32 Å². The van der Waals surface area contributed by atoms with Gasteiger partial charge >= 0.3 is 0 Å². The van der Waals surface area contributed by atoms with Gasteiger partial charge in [-0.1, -0.05) is 178 Å². The number of nitrogens with one attached hydrogen (secondary N) is 1. The summed E-state index contributed by atoms with van der Waals surface area (Å²) in [4.78, 5) is 21.0. The molecule has 2 atom stereocenters. The Kier molecular flexibility index (Phi) is 14.4. The predicted molar refractivity (Wildman–Crippen MR) is 270 cm³/mol. The zero-order valence-corrected chi connectivity index (χ0v) is 37.1. The highest BCUT2D eigenvalue weighted by molar-refractivity contribution is 5.99. The quantitative estimate of drug-likeness (QED) is 0.0564. The zero-order chi connectivity index (χ0) is 44.1. The van der Waals surface area contributed by atoms with Gasteiger partial charge in [-0.25, -0.2) is 15.0 Å². The summed E-state index contributed by atoms with van der Waals surface area (Å²) in [6.45, 7) is 12.5. The summed E-state index contributed by atoms with van der Waals surface area (Å²) in [5, 5.41) is 3.81. The standard InChI is InChI=1S/C59H57N5/c1-5-9-10-11-16-26-43(8-4)56-62-58(47-33-23-15-24-34-47)64-59(63-56)48-35-36-52(42(7-3)25-6-2)53(40-48)50-37-49(44-27-17-12-18-28-44)38-51(39-50)55-41-54(45-29-19-13-20-30-45)60-57(61-55)46-31-21-14-22-32-46/h5,7-8,12-15,17-25,27-40,54-55H,1,3,6,9-11,16,26,41H2,2,4H3,(H,60,61)/b42-25+,43-8+/t54?,55-/m1/s1. The number of amidine groups is 1. The summed E-state index contributed by atoms with van der Waals surface area (Å²) in [5.74, 6) is 2.92. The van der Waals surface area contributed by atoms with Crippen LogP contribution in [0.4, 0.5) is 0 Å². The maximum atomic E-state index is 5.49. The third-order valence-corrected chi connectivity index (χ3v) is 12.0. The van der Waals surface area contributed by atoms with Gasteiger partial charge in [-0.3, -0.25) is 4.99 Å². The summed E-state index contributed by atoms with van der Waals surface area (Å²) >= 11 is 0. The Morgan fingerprint density at radius 2 is 1.27 bits per heavy atom. The minimum absolute atomic E-state index is 0.0764. The molecule has 64 heavy (non-hydrogen) atoms. The number of benzene rings is 6. The summed E-state index contributed by atoms with van der Waals surface area (Å²) in [6.07, 6.45) is 15.3. The molecule has 1 N–H and O–H groups in total. The summed E-state index contributed by atoms with van der Waals surface area (Å²) in [6, 6.07) is 55.7. The van der Waals surface area contributed by atoms with Crippen LogP contribution in [0.1, 0.15) is 99.0 Å². The monoisotopic (exact) mass is 835 g/mol. The molecule has 0 aliphatic carbocycles. The van der Waals surface area contributed by atoms with Crippen LogP contribution in [-0.2, 0) is 0 Å². The van der Waals surface area contributed by atoms with Crippen molar-refractivity contribution in [3.05, 3.63) is 223 Å². The van der Waals surface area contributed by atoms with Crippen molar-refractivity contribution < 1.29 is 0 Å². The molecule has 0 spiro atoms. The van der Waals surface area contributed by atoms with Gasteiger partial charge in [0, 0.05) is 16.7 Å². The molecule has 0 saturated heterocycles. The highest BCUT2D eigenvalue weighted by Crippen LogP contribution is 2.41. The average Bonchev–Trinajstić information content (AvgIpc) is 3.37. The fourth-order valence-corrected chi connectivity index (χ4v) is 8.59. The molecule has 1 unspecified atom stereocenters. The predicted octanol–water partition coefficient (Wildman–Crippen LogP) is 15.3. The van der Waals surface area contributed by atoms with E-state index in [1.54, 1.807) is 0 Å². The van der Waals surface area contributed by atoms with E-state index in [4.69, 9.17) is 19.9 Å². The first-order chi connectivity index (χ1) is 31.5. The SMILES string of the molecule is C=CCCCCC/C(=C\C)c1nc(-c2ccccc2)nc(-c2ccc(/C(C=C)=C/CC)c(-c3cc(-c4ccccc4)cc([C@H]4CC(c5ccccc5)NC(c5ccccc5)=N4)c3)c2)n1. The van der Waals surface area contributed by atoms with Crippen LogP contribution in [0.5, 0.6) is 0 Å². The number of hydrogen-bond acceptors (Lipinski definition) is 5. The molecule has 7 aromatic rings. The van der Waals surface area contributed by atoms with E-state index in [1.807, 2.05) is 30.4 Å². The molecule has 2 heterocycles. The Labute approximate surface area is 379 Å². The van der Waals surface area contributed by atoms with Gasteiger partial charge in [-0.2, -0.15) is 0 Å². The number of nitrogens with zero attached hydrogens (tertiary/aromatic N) is 4. The minimum Gasteiger partial charge on any atom is -0.363 e. The molecule has 8 rings (SSSR count). The van der Waals surface area contributed by atoms with Crippen LogP contribution in [-0.4, -0.2) is 20.8 Å². The van der Waals surface area contributed by atoms with E-state index >= 15 is 0 Å². The smallest absolute Gasteiger partial charge is 0.164 e. The van der Waals surface area contributed by atoms with Gasteiger partial charge in [0.05, 0.1) is 12.1 Å². The first kappa shape index (κ1) is 43.4. The lowest BCUT2D eigenvalue weighted by Gasteiger charge is -2.31. The van der Waals surface area contributed by atoms with E-state index < -0.39 is 0 Å². The van der Waals surface area contributed by atoms with Gasteiger partial charge in [0.25, 0.3) is 0 Å². The second-order valence-electron chi connectivity index (χ2n) is 16.3. The molecule has 5 nitrogen and oxygen atoms in total. The molecule has 5 heteroatoms. The Morgan fingerprint density at radius 3 is 1.92 bits per heavy atom. The van der Waals surface area contributed by atoms with Crippen molar-refractivity contribution in [1.29, 1.82) is 0 Å². The lowest BCUT2D eigenvalue weighted by molar-refractivity contribution is 0.491. The third-order valence-electron chi connectivity index (χ3n) is 12.0. The number of hydrogen-bond donors (Lipinski definition) is 1. The van der Waals surface area contributed by atoms with E-state index in [0.717, 1.165) is 118 Å². The largest absolute Gasteiger partial charge is 0.363 e. The van der Waals surface area contributed by atoms with Crippen molar-refractivity contribution >= 4 is 17.0 Å². The molecule has 1 aliphatic rings. The highest BCUT2D eigenvalue weighted by Gasteiger charge is 2.27. The van der Waals surface area contributed by atoms with E-state index in [1.165, 1.54) is 5.56 Å². The molecule has 0 saturated carbocycles. The van der Waals surface area contributed by atoms with Gasteiger partial charge in [-0.05, 0) is 120 Å². The lowest BCUT2D eigenvalue weighted by Crippen LogP contribution is -2.34. The first-order valence-electron chi connectivity index (χ1n) is 22.8. The molecule has 6 aromatic carbocycles. The Balaban J connectivity index is 1.31. The molecule has 0 fully saturated rings. The molecule has 1 aliphatic heterocycles. The summed E-state index contributed by atoms with van der Waals surface area (Å²) in [5.41, 5.74) is 13.1. The number of aromatic nitrogens is 3. The van der Waals surface area contributed by atoms with Crippen LogP contribution in [0.3, 0.4) is 0 Å². The zero-order valence-electron chi connectivity index (χ0n) is 37.1. The second-order valence-corrected chi connectivity index (χ2v) is 16.3. The molecule has 0 amide bonds. The summed E-state index contributed by atoms with van der Waals surface area (Å²) < 4.78 is 0. The van der Waals surface area contributed by atoms with Gasteiger partial charge in [-0.15, -0.1) is 6.58 Å². The van der Waals surface area contributed by atoms with Crippen molar-refractivity contribution in [2.75, 3.05) is 0 Å². The fraction of sp³-hybridized carbons (Fsp3) is 0.186. The van der Waals surface area contributed by atoms with Gasteiger partial charge in [0.2, 0.25) is 0 Å². The van der Waals surface area contributed by atoms with Crippen LogP contribution in [0.2, 0.25) is 0 Å². The van der Waals surface area contributed by atoms with Crippen molar-refractivity contribution in [3.8, 4) is 45.0 Å². The van der Waals surface area contributed by atoms with E-state index in [0.29, 0.717) is 11.6 Å². The summed E-state index contributed by atoms with van der Waals surface area (Å²) in [7, 11) is 0. The van der Waals surface area contributed by atoms with Gasteiger partial charge in [0.1, 0.15) is 5.84 Å². The minimum atomic E-state index is -0.115. The fourth-order valence-electron chi connectivity index (χ4n) is 8.59. The number of aliphatic imine (C=N–C) groups is 1. The Hall–Kier alpha value is -7.24. The van der Waals surface area contributed by atoms with Crippen LogP contribution in [0.15, 0.2) is 200 Å². The second kappa shape index (κ2) is 21.2. The molecule has 0 radical (unpaired) electrons. The van der Waals surface area contributed by atoms with E-state index in [2.05, 4.69) is 184 Å². The maximum Gasteiger partial charge on any atom is 0.164 e. The van der Waals surface area contributed by atoms with Crippen molar-refractivity contribution in [2.45, 2.75) is 70.9 Å².